The van der Waals surface area contributed by atoms with Crippen LogP contribution in [0.15, 0.2) is 30.3 Å². The van der Waals surface area contributed by atoms with E-state index < -0.39 is 5.97 Å². The minimum Gasteiger partial charge on any atom is -0.465 e. The van der Waals surface area contributed by atoms with Gasteiger partial charge in [0.05, 0.1) is 12.0 Å². The lowest BCUT2D eigenvalue weighted by molar-refractivity contribution is 0.0606. The number of amides is 1. The molecule has 110 valence electrons. The van der Waals surface area contributed by atoms with Crippen LogP contribution >= 0.6 is 11.3 Å². The van der Waals surface area contributed by atoms with Gasteiger partial charge in [-0.15, -0.1) is 11.3 Å². The van der Waals surface area contributed by atoms with Gasteiger partial charge in [-0.2, -0.15) is 0 Å². The summed E-state index contributed by atoms with van der Waals surface area (Å²) >= 11 is 1.13. The number of carbonyl (C=O) groups is 2. The molecule has 0 aliphatic carbocycles. The summed E-state index contributed by atoms with van der Waals surface area (Å²) in [5, 5.41) is 2.94. The summed E-state index contributed by atoms with van der Waals surface area (Å²) in [6, 6.07) is 9.17. The summed E-state index contributed by atoms with van der Waals surface area (Å²) in [5.41, 5.74) is 2.96. The van der Waals surface area contributed by atoms with E-state index in [1.165, 1.54) is 7.11 Å². The van der Waals surface area contributed by atoms with Gasteiger partial charge in [0.2, 0.25) is 0 Å². The molecular formula is C16H17NO3S. The zero-order chi connectivity index (χ0) is 15.4. The van der Waals surface area contributed by atoms with Gasteiger partial charge in [0.15, 0.2) is 0 Å². The highest BCUT2D eigenvalue weighted by Crippen LogP contribution is 2.24. The summed E-state index contributed by atoms with van der Waals surface area (Å²) in [5.74, 6) is -0.636. The molecule has 0 radical (unpaired) electrons. The lowest BCUT2D eigenvalue weighted by Crippen LogP contribution is -2.12. The van der Waals surface area contributed by atoms with Crippen LogP contribution in [-0.2, 0) is 11.2 Å². The summed E-state index contributed by atoms with van der Waals surface area (Å²) in [6.07, 6.45) is 0.842. The van der Waals surface area contributed by atoms with Gasteiger partial charge >= 0.3 is 5.97 Å². The predicted octanol–water partition coefficient (Wildman–Crippen LogP) is 3.66. The fraction of sp³-hybridized carbons (Fsp3) is 0.250. The Morgan fingerprint density at radius 3 is 2.57 bits per heavy atom. The van der Waals surface area contributed by atoms with Gasteiger partial charge in [-0.25, -0.2) is 4.79 Å². The van der Waals surface area contributed by atoms with Crippen molar-refractivity contribution in [2.45, 2.75) is 20.3 Å². The zero-order valence-corrected chi connectivity index (χ0v) is 13.0. The van der Waals surface area contributed by atoms with Gasteiger partial charge in [0.25, 0.3) is 5.91 Å². The molecule has 0 unspecified atom stereocenters. The number of ether oxygens (including phenoxy) is 1. The first kappa shape index (κ1) is 15.3. The number of benzene rings is 1. The zero-order valence-electron chi connectivity index (χ0n) is 12.2. The van der Waals surface area contributed by atoms with Crippen molar-refractivity contribution in [2.24, 2.45) is 0 Å². The summed E-state index contributed by atoms with van der Waals surface area (Å²) in [7, 11) is 1.32. The second kappa shape index (κ2) is 6.54. The first-order valence-electron chi connectivity index (χ1n) is 6.64. The van der Waals surface area contributed by atoms with Crippen molar-refractivity contribution in [2.75, 3.05) is 12.4 Å². The number of carbonyl (C=O) groups excluding carboxylic acids is 2. The average Bonchev–Trinajstić information content (AvgIpc) is 2.98. The summed E-state index contributed by atoms with van der Waals surface area (Å²) in [6.45, 7) is 4.01. The van der Waals surface area contributed by atoms with Crippen LogP contribution in [-0.4, -0.2) is 19.0 Å². The molecule has 0 saturated carbocycles. The number of hydrogen-bond donors (Lipinski definition) is 1. The Bertz CT molecular complexity index is 676. The molecule has 1 aromatic carbocycles. The minimum absolute atomic E-state index is 0.209. The standard InChI is InChI=1S/C16H17NO3S/c1-4-11-7-5-6-10(2)14(11)17-15(18)12-8-9-13(21-12)16(19)20-3/h5-9H,4H2,1-3H3,(H,17,18). The molecule has 2 aromatic rings. The second-order valence-corrected chi connectivity index (χ2v) is 5.66. The Hall–Kier alpha value is -2.14. The molecule has 0 aliphatic rings. The highest BCUT2D eigenvalue weighted by atomic mass is 32.1. The third-order valence-electron chi connectivity index (χ3n) is 3.19. The molecule has 0 atom stereocenters. The quantitative estimate of drug-likeness (QED) is 0.877. The van der Waals surface area contributed by atoms with Crippen molar-refractivity contribution in [3.05, 3.63) is 51.2 Å². The predicted molar refractivity (Wildman–Crippen MR) is 84.2 cm³/mol. The van der Waals surface area contributed by atoms with Crippen molar-refractivity contribution in [1.29, 1.82) is 0 Å². The third kappa shape index (κ3) is 3.31. The lowest BCUT2D eigenvalue weighted by Gasteiger charge is -2.12. The number of rotatable bonds is 4. The molecule has 1 aromatic heterocycles. The van der Waals surface area contributed by atoms with E-state index in [1.54, 1.807) is 12.1 Å². The number of anilines is 1. The van der Waals surface area contributed by atoms with Crippen molar-refractivity contribution in [3.8, 4) is 0 Å². The van der Waals surface area contributed by atoms with E-state index in [9.17, 15) is 9.59 Å². The maximum absolute atomic E-state index is 12.3. The third-order valence-corrected chi connectivity index (χ3v) is 4.26. The Morgan fingerprint density at radius 1 is 1.19 bits per heavy atom. The topological polar surface area (TPSA) is 55.4 Å². The van der Waals surface area contributed by atoms with Crippen LogP contribution in [0, 0.1) is 6.92 Å². The van der Waals surface area contributed by atoms with Gasteiger partial charge in [-0.1, -0.05) is 25.1 Å². The fourth-order valence-electron chi connectivity index (χ4n) is 2.05. The molecule has 0 spiro atoms. The molecule has 2 rings (SSSR count). The lowest BCUT2D eigenvalue weighted by atomic mass is 10.1. The van der Waals surface area contributed by atoms with Crippen LogP contribution in [0.1, 0.15) is 37.4 Å². The van der Waals surface area contributed by atoms with Crippen LogP contribution in [0.2, 0.25) is 0 Å². The number of aryl methyl sites for hydroxylation is 2. The fourth-order valence-corrected chi connectivity index (χ4v) is 2.87. The smallest absolute Gasteiger partial charge is 0.348 e. The van der Waals surface area contributed by atoms with E-state index in [0.717, 1.165) is 34.6 Å². The number of thiophene rings is 1. The minimum atomic E-state index is -0.427. The highest BCUT2D eigenvalue weighted by Gasteiger charge is 2.15. The van der Waals surface area contributed by atoms with Crippen molar-refractivity contribution >= 4 is 28.9 Å². The molecule has 1 N–H and O–H groups in total. The van der Waals surface area contributed by atoms with Crippen LogP contribution < -0.4 is 5.32 Å². The largest absolute Gasteiger partial charge is 0.465 e. The van der Waals surface area contributed by atoms with Crippen LogP contribution in [0.4, 0.5) is 5.69 Å². The molecule has 1 heterocycles. The molecule has 1 amide bonds. The van der Waals surface area contributed by atoms with E-state index in [2.05, 4.69) is 10.1 Å². The molecule has 0 aliphatic heterocycles. The van der Waals surface area contributed by atoms with E-state index in [1.807, 2.05) is 32.0 Å². The van der Waals surface area contributed by atoms with Gasteiger partial charge in [-0.3, -0.25) is 4.79 Å². The van der Waals surface area contributed by atoms with Gasteiger partial charge in [0, 0.05) is 5.69 Å². The molecular weight excluding hydrogens is 286 g/mol. The van der Waals surface area contributed by atoms with Crippen molar-refractivity contribution in [3.63, 3.8) is 0 Å². The number of nitrogens with one attached hydrogen (secondary N) is 1. The molecule has 0 fully saturated rings. The number of esters is 1. The molecule has 0 saturated heterocycles. The first-order chi connectivity index (χ1) is 10.1. The van der Waals surface area contributed by atoms with Crippen molar-refractivity contribution in [1.82, 2.24) is 0 Å². The Kier molecular flexibility index (Phi) is 4.75. The Morgan fingerprint density at radius 2 is 1.90 bits per heavy atom. The van der Waals surface area contributed by atoms with E-state index in [4.69, 9.17) is 0 Å². The summed E-state index contributed by atoms with van der Waals surface area (Å²) < 4.78 is 4.64. The normalized spacial score (nSPS) is 10.2. The van der Waals surface area contributed by atoms with E-state index in [0.29, 0.717) is 9.75 Å². The SMILES string of the molecule is CCc1cccc(C)c1NC(=O)c1ccc(C(=O)OC)s1. The van der Waals surface area contributed by atoms with Crippen LogP contribution in [0.5, 0.6) is 0 Å². The summed E-state index contributed by atoms with van der Waals surface area (Å²) in [4.78, 5) is 24.6. The monoisotopic (exact) mass is 303 g/mol. The highest BCUT2D eigenvalue weighted by molar-refractivity contribution is 7.16. The number of para-hydroxylation sites is 1. The van der Waals surface area contributed by atoms with Crippen LogP contribution in [0.3, 0.4) is 0 Å². The van der Waals surface area contributed by atoms with E-state index >= 15 is 0 Å². The molecule has 0 bridgehead atoms. The maximum atomic E-state index is 12.3. The Labute approximate surface area is 127 Å². The number of methoxy groups -OCH3 is 1. The van der Waals surface area contributed by atoms with Gasteiger partial charge < -0.3 is 10.1 Å². The Balaban J connectivity index is 2.22. The average molecular weight is 303 g/mol. The first-order valence-corrected chi connectivity index (χ1v) is 7.46. The van der Waals surface area contributed by atoms with Crippen molar-refractivity contribution < 1.29 is 14.3 Å². The molecule has 21 heavy (non-hydrogen) atoms. The maximum Gasteiger partial charge on any atom is 0.348 e. The van der Waals surface area contributed by atoms with Crippen LogP contribution in [0.25, 0.3) is 0 Å². The number of hydrogen-bond acceptors (Lipinski definition) is 4. The molecule has 5 heteroatoms. The van der Waals surface area contributed by atoms with E-state index in [-0.39, 0.29) is 5.91 Å². The van der Waals surface area contributed by atoms with Gasteiger partial charge in [-0.05, 0) is 36.6 Å². The second-order valence-electron chi connectivity index (χ2n) is 4.57. The van der Waals surface area contributed by atoms with Gasteiger partial charge in [0.1, 0.15) is 4.88 Å². The molecule has 4 nitrogen and oxygen atoms in total.